The Hall–Kier alpha value is -0.0400. The zero-order chi connectivity index (χ0) is 12.5. The summed E-state index contributed by atoms with van der Waals surface area (Å²) in [4.78, 5) is 0. The maximum absolute atomic E-state index is 3.85. The average molecular weight is 249 g/mol. The molecule has 0 aromatic rings. The Bertz CT molecular complexity index is 245. The van der Waals surface area contributed by atoms with Gasteiger partial charge in [0.25, 0.3) is 0 Å². The van der Waals surface area contributed by atoms with Gasteiger partial charge in [-0.05, 0) is 74.7 Å². The third-order valence-corrected chi connectivity index (χ3v) is 6.10. The van der Waals surface area contributed by atoms with Gasteiger partial charge in [-0.1, -0.05) is 26.7 Å². The summed E-state index contributed by atoms with van der Waals surface area (Å²) in [5.41, 5.74) is 0. The molecule has 0 spiro atoms. The monoisotopic (exact) mass is 249 g/mol. The van der Waals surface area contributed by atoms with Crippen LogP contribution >= 0.6 is 0 Å². The molecule has 0 aromatic carbocycles. The van der Waals surface area contributed by atoms with Crippen LogP contribution in [0.2, 0.25) is 0 Å². The van der Waals surface area contributed by atoms with Crippen molar-refractivity contribution in [3.63, 3.8) is 0 Å². The Balaban J connectivity index is 1.69. The molecule has 0 aromatic heterocycles. The highest BCUT2D eigenvalue weighted by Crippen LogP contribution is 2.57. The van der Waals surface area contributed by atoms with E-state index < -0.39 is 0 Å². The van der Waals surface area contributed by atoms with Crippen LogP contribution in [0.15, 0.2) is 0 Å². The van der Waals surface area contributed by atoms with E-state index in [9.17, 15) is 0 Å². The summed E-state index contributed by atoms with van der Waals surface area (Å²) in [6, 6.07) is 0.838. The van der Waals surface area contributed by atoms with E-state index in [1.807, 2.05) is 0 Å². The smallest absolute Gasteiger partial charge is 0.0100 e. The van der Waals surface area contributed by atoms with Crippen LogP contribution < -0.4 is 5.32 Å². The molecule has 4 rings (SSSR count). The molecule has 0 aliphatic heterocycles. The van der Waals surface area contributed by atoms with Gasteiger partial charge < -0.3 is 5.32 Å². The summed E-state index contributed by atoms with van der Waals surface area (Å²) in [6.07, 6.45) is 12.1. The molecule has 0 saturated heterocycles. The normalized spacial score (nSPS) is 43.3. The number of nitrogens with one attached hydrogen (secondary N) is 1. The van der Waals surface area contributed by atoms with Gasteiger partial charge in [0.05, 0.1) is 0 Å². The average Bonchev–Trinajstić information content (AvgIpc) is 2.34. The van der Waals surface area contributed by atoms with Crippen molar-refractivity contribution in [2.24, 2.45) is 29.6 Å². The van der Waals surface area contributed by atoms with Crippen molar-refractivity contribution < 1.29 is 0 Å². The first-order valence-corrected chi connectivity index (χ1v) is 8.55. The van der Waals surface area contributed by atoms with E-state index in [0.29, 0.717) is 0 Å². The lowest BCUT2D eigenvalue weighted by Crippen LogP contribution is -2.53. The molecule has 4 aliphatic carbocycles. The molecule has 4 saturated carbocycles. The van der Waals surface area contributed by atoms with Crippen molar-refractivity contribution in [1.82, 2.24) is 5.32 Å². The Morgan fingerprint density at radius 2 is 1.56 bits per heavy atom. The number of rotatable bonds is 6. The molecule has 4 aliphatic rings. The Morgan fingerprint density at radius 1 is 0.944 bits per heavy atom. The van der Waals surface area contributed by atoms with E-state index in [2.05, 4.69) is 19.2 Å². The molecule has 1 atom stereocenters. The van der Waals surface area contributed by atoms with Gasteiger partial charge in [0, 0.05) is 6.04 Å². The summed E-state index contributed by atoms with van der Waals surface area (Å²) in [7, 11) is 0. The summed E-state index contributed by atoms with van der Waals surface area (Å²) >= 11 is 0. The number of hydrogen-bond acceptors (Lipinski definition) is 1. The quantitative estimate of drug-likeness (QED) is 0.743. The predicted octanol–water partition coefficient (Wildman–Crippen LogP) is 4.23. The van der Waals surface area contributed by atoms with Crippen molar-refractivity contribution in [2.45, 2.75) is 71.3 Å². The second-order valence-electron chi connectivity index (χ2n) is 7.31. The minimum Gasteiger partial charge on any atom is -0.314 e. The molecule has 1 heteroatoms. The van der Waals surface area contributed by atoms with Crippen molar-refractivity contribution in [3.8, 4) is 0 Å². The van der Waals surface area contributed by atoms with Crippen LogP contribution in [0.4, 0.5) is 0 Å². The standard InChI is InChI=1S/C17H31N/c1-3-5-6-16(18-4-2)17-14-8-12-7-13(10-14)11-15(17)9-12/h12-18H,3-11H2,1-2H3. The van der Waals surface area contributed by atoms with Gasteiger partial charge >= 0.3 is 0 Å². The van der Waals surface area contributed by atoms with Crippen LogP contribution in [0.5, 0.6) is 0 Å². The molecule has 1 N–H and O–H groups in total. The van der Waals surface area contributed by atoms with Gasteiger partial charge in [0.2, 0.25) is 0 Å². The third kappa shape index (κ3) is 2.35. The highest BCUT2D eigenvalue weighted by atomic mass is 14.9. The highest BCUT2D eigenvalue weighted by Gasteiger charge is 2.50. The molecule has 1 nitrogen and oxygen atoms in total. The first-order valence-electron chi connectivity index (χ1n) is 8.55. The van der Waals surface area contributed by atoms with E-state index in [0.717, 1.165) is 42.2 Å². The largest absolute Gasteiger partial charge is 0.314 e. The maximum atomic E-state index is 3.85. The van der Waals surface area contributed by atoms with Crippen molar-refractivity contribution in [3.05, 3.63) is 0 Å². The zero-order valence-electron chi connectivity index (χ0n) is 12.3. The van der Waals surface area contributed by atoms with E-state index in [1.54, 1.807) is 32.1 Å². The van der Waals surface area contributed by atoms with E-state index in [4.69, 9.17) is 0 Å². The first kappa shape index (κ1) is 13.0. The van der Waals surface area contributed by atoms with E-state index >= 15 is 0 Å². The fourth-order valence-corrected chi connectivity index (χ4v) is 5.74. The van der Waals surface area contributed by atoms with E-state index in [-0.39, 0.29) is 0 Å². The molecule has 1 unspecified atom stereocenters. The predicted molar refractivity (Wildman–Crippen MR) is 77.5 cm³/mol. The second kappa shape index (κ2) is 5.53. The minimum atomic E-state index is 0.838. The molecule has 4 bridgehead atoms. The third-order valence-electron chi connectivity index (χ3n) is 6.10. The molecule has 18 heavy (non-hydrogen) atoms. The van der Waals surface area contributed by atoms with Crippen LogP contribution in [0.3, 0.4) is 0 Å². The number of hydrogen-bond donors (Lipinski definition) is 1. The maximum Gasteiger partial charge on any atom is 0.0100 e. The molecular formula is C17H31N. The van der Waals surface area contributed by atoms with Crippen LogP contribution in [0.1, 0.15) is 65.2 Å². The molecular weight excluding hydrogens is 218 g/mol. The number of unbranched alkanes of at least 4 members (excludes halogenated alkanes) is 1. The van der Waals surface area contributed by atoms with Crippen molar-refractivity contribution >= 4 is 0 Å². The second-order valence-corrected chi connectivity index (χ2v) is 7.31. The van der Waals surface area contributed by atoms with Crippen LogP contribution in [-0.2, 0) is 0 Å². The fraction of sp³-hybridized carbons (Fsp3) is 1.00. The lowest BCUT2D eigenvalue weighted by Gasteiger charge is -2.56. The van der Waals surface area contributed by atoms with Crippen LogP contribution in [0, 0.1) is 29.6 Å². The molecule has 0 radical (unpaired) electrons. The lowest BCUT2D eigenvalue weighted by molar-refractivity contribution is -0.0529. The SMILES string of the molecule is CCCCC(NCC)C1C2CC3CC(C2)CC1C3. The van der Waals surface area contributed by atoms with Gasteiger partial charge in [0.15, 0.2) is 0 Å². The first-order chi connectivity index (χ1) is 8.81. The van der Waals surface area contributed by atoms with Crippen molar-refractivity contribution in [1.29, 1.82) is 0 Å². The molecule has 4 fully saturated rings. The topological polar surface area (TPSA) is 12.0 Å². The highest BCUT2D eigenvalue weighted by molar-refractivity contribution is 5.01. The van der Waals surface area contributed by atoms with Gasteiger partial charge in [-0.15, -0.1) is 0 Å². The summed E-state index contributed by atoms with van der Waals surface area (Å²) in [5.74, 6) is 5.45. The van der Waals surface area contributed by atoms with Gasteiger partial charge in [-0.3, -0.25) is 0 Å². The zero-order valence-corrected chi connectivity index (χ0v) is 12.3. The molecule has 0 amide bonds. The van der Waals surface area contributed by atoms with Crippen molar-refractivity contribution in [2.75, 3.05) is 6.54 Å². The van der Waals surface area contributed by atoms with E-state index in [1.165, 1.54) is 19.3 Å². The lowest BCUT2D eigenvalue weighted by atomic mass is 9.50. The Labute approximate surface area is 113 Å². The summed E-state index contributed by atoms with van der Waals surface area (Å²) in [6.45, 7) is 5.78. The Kier molecular flexibility index (Phi) is 3.98. The van der Waals surface area contributed by atoms with Gasteiger partial charge in [0.1, 0.15) is 0 Å². The van der Waals surface area contributed by atoms with Gasteiger partial charge in [-0.25, -0.2) is 0 Å². The molecule has 0 heterocycles. The van der Waals surface area contributed by atoms with Gasteiger partial charge in [-0.2, -0.15) is 0 Å². The summed E-state index contributed by atoms with van der Waals surface area (Å²) < 4.78 is 0. The summed E-state index contributed by atoms with van der Waals surface area (Å²) in [5, 5.41) is 3.85. The Morgan fingerprint density at radius 3 is 2.06 bits per heavy atom. The molecule has 104 valence electrons. The van der Waals surface area contributed by atoms with Crippen LogP contribution in [0.25, 0.3) is 0 Å². The fourth-order valence-electron chi connectivity index (χ4n) is 5.74. The van der Waals surface area contributed by atoms with Crippen LogP contribution in [-0.4, -0.2) is 12.6 Å². The minimum absolute atomic E-state index is 0.838.